The molecule has 25 heavy (non-hydrogen) atoms. The van der Waals surface area contributed by atoms with Crippen molar-refractivity contribution in [2.75, 3.05) is 31.8 Å². The number of nitrogens with zero attached hydrogens (tertiary/aromatic N) is 1. The number of thioether (sulfide) groups is 2. The van der Waals surface area contributed by atoms with Crippen LogP contribution in [0, 0.1) is 0 Å². The fourth-order valence-corrected chi connectivity index (χ4v) is 6.69. The second kappa shape index (κ2) is 8.45. The van der Waals surface area contributed by atoms with E-state index in [1.165, 1.54) is 6.42 Å². The third-order valence-electron chi connectivity index (χ3n) is 4.64. The molecule has 1 saturated heterocycles. The molecule has 1 atom stereocenters. The summed E-state index contributed by atoms with van der Waals surface area (Å²) in [4.78, 5) is 14.0. The standard InChI is InChI=1S/C18H25NO4S2/c1-3-23-18(21)19-8-7-13(17-24-9-4-10-25-17)15-12(11-19)5-6-14(22-2)16(15)20/h5-6,13,17,20H,3-4,7-11H2,1-2H3. The lowest BCUT2D eigenvalue weighted by atomic mass is 9.92. The number of ether oxygens (including phenoxy) is 2. The number of fused-ring (bicyclic) bond motifs is 1. The molecule has 3 rings (SSSR count). The molecule has 0 aromatic heterocycles. The molecule has 5 nitrogen and oxygen atoms in total. The topological polar surface area (TPSA) is 59.0 Å². The highest BCUT2D eigenvalue weighted by molar-refractivity contribution is 8.17. The van der Waals surface area contributed by atoms with Gasteiger partial charge in [0.25, 0.3) is 0 Å². The Morgan fingerprint density at radius 3 is 2.80 bits per heavy atom. The van der Waals surface area contributed by atoms with Gasteiger partial charge in [-0.2, -0.15) is 0 Å². The average Bonchev–Trinajstić information content (AvgIpc) is 2.83. The summed E-state index contributed by atoms with van der Waals surface area (Å²) in [7, 11) is 1.57. The molecule has 1 unspecified atom stereocenters. The maximum Gasteiger partial charge on any atom is 0.410 e. The molecule has 1 aromatic rings. The van der Waals surface area contributed by atoms with Crippen molar-refractivity contribution in [3.63, 3.8) is 0 Å². The minimum absolute atomic E-state index is 0.194. The summed E-state index contributed by atoms with van der Waals surface area (Å²) in [6.45, 7) is 3.29. The highest BCUT2D eigenvalue weighted by Crippen LogP contribution is 2.49. The summed E-state index contributed by atoms with van der Waals surface area (Å²) in [5, 5.41) is 10.8. The van der Waals surface area contributed by atoms with Crippen LogP contribution in [0.15, 0.2) is 12.1 Å². The van der Waals surface area contributed by atoms with Gasteiger partial charge in [0.1, 0.15) is 0 Å². The smallest absolute Gasteiger partial charge is 0.410 e. The predicted octanol–water partition coefficient (Wildman–Crippen LogP) is 4.04. The van der Waals surface area contributed by atoms with Crippen LogP contribution in [-0.4, -0.2) is 52.4 Å². The molecule has 7 heteroatoms. The lowest BCUT2D eigenvalue weighted by Gasteiger charge is -2.30. The fourth-order valence-electron chi connectivity index (χ4n) is 3.45. The molecule has 0 spiro atoms. The van der Waals surface area contributed by atoms with Crippen molar-refractivity contribution in [1.82, 2.24) is 4.90 Å². The first-order chi connectivity index (χ1) is 12.2. The summed E-state index contributed by atoms with van der Waals surface area (Å²) in [5.41, 5.74) is 1.93. The van der Waals surface area contributed by atoms with E-state index in [2.05, 4.69) is 0 Å². The third-order valence-corrected chi connectivity index (χ3v) is 7.82. The van der Waals surface area contributed by atoms with Crippen molar-refractivity contribution >= 4 is 29.6 Å². The minimum atomic E-state index is -0.284. The van der Waals surface area contributed by atoms with Gasteiger partial charge in [-0.3, -0.25) is 0 Å². The zero-order chi connectivity index (χ0) is 17.8. The van der Waals surface area contributed by atoms with Crippen molar-refractivity contribution in [2.24, 2.45) is 0 Å². The summed E-state index contributed by atoms with van der Waals surface area (Å²) in [5.74, 6) is 3.22. The number of rotatable bonds is 3. The van der Waals surface area contributed by atoms with Gasteiger partial charge in [0.2, 0.25) is 0 Å². The van der Waals surface area contributed by atoms with Gasteiger partial charge >= 0.3 is 6.09 Å². The monoisotopic (exact) mass is 383 g/mol. The fraction of sp³-hybridized carbons (Fsp3) is 0.611. The average molecular weight is 384 g/mol. The van der Waals surface area contributed by atoms with Gasteiger partial charge in [0.05, 0.1) is 18.3 Å². The van der Waals surface area contributed by atoms with E-state index in [0.29, 0.717) is 30.0 Å². The highest BCUT2D eigenvalue weighted by atomic mass is 32.2. The molecule has 1 N–H and O–H groups in total. The molecule has 0 bridgehead atoms. The molecule has 1 aromatic carbocycles. The molecule has 138 valence electrons. The minimum Gasteiger partial charge on any atom is -0.504 e. The first-order valence-corrected chi connectivity index (χ1v) is 10.8. The number of methoxy groups -OCH3 is 1. The van der Waals surface area contributed by atoms with Crippen molar-refractivity contribution in [3.05, 3.63) is 23.3 Å². The lowest BCUT2D eigenvalue weighted by Crippen LogP contribution is -2.31. The molecule has 0 radical (unpaired) electrons. The van der Waals surface area contributed by atoms with Crippen LogP contribution in [0.25, 0.3) is 0 Å². The van der Waals surface area contributed by atoms with Gasteiger partial charge in [-0.05, 0) is 42.9 Å². The second-order valence-electron chi connectivity index (χ2n) is 6.17. The molecule has 2 aliphatic rings. The van der Waals surface area contributed by atoms with Crippen LogP contribution < -0.4 is 4.74 Å². The molecule has 0 aliphatic carbocycles. The number of hydrogen-bond donors (Lipinski definition) is 1. The number of phenols is 1. The zero-order valence-corrected chi connectivity index (χ0v) is 16.3. The van der Waals surface area contributed by atoms with Gasteiger partial charge in [0.15, 0.2) is 11.5 Å². The van der Waals surface area contributed by atoms with Crippen LogP contribution in [0.1, 0.15) is 36.8 Å². The first-order valence-electron chi connectivity index (χ1n) is 8.69. The summed E-state index contributed by atoms with van der Waals surface area (Å²) in [6, 6.07) is 3.75. The van der Waals surface area contributed by atoms with Gasteiger partial charge < -0.3 is 19.5 Å². The number of aromatic hydroxyl groups is 1. The number of carbonyl (C=O) groups is 1. The van der Waals surface area contributed by atoms with E-state index in [1.807, 2.05) is 36.5 Å². The number of amides is 1. The quantitative estimate of drug-likeness (QED) is 0.850. The van der Waals surface area contributed by atoms with Crippen molar-refractivity contribution in [1.29, 1.82) is 0 Å². The molecule has 0 saturated carbocycles. The molecular formula is C18H25NO4S2. The summed E-state index contributed by atoms with van der Waals surface area (Å²) < 4.78 is 10.9. The van der Waals surface area contributed by atoms with Crippen LogP contribution in [0.3, 0.4) is 0 Å². The number of phenolic OH excluding ortho intramolecular Hbond substituents is 1. The second-order valence-corrected chi connectivity index (χ2v) is 8.97. The van der Waals surface area contributed by atoms with Gasteiger partial charge in [-0.1, -0.05) is 6.07 Å². The van der Waals surface area contributed by atoms with Gasteiger partial charge in [-0.25, -0.2) is 4.79 Å². The molecule has 2 heterocycles. The highest BCUT2D eigenvalue weighted by Gasteiger charge is 2.35. The van der Waals surface area contributed by atoms with E-state index >= 15 is 0 Å². The lowest BCUT2D eigenvalue weighted by molar-refractivity contribution is 0.105. The SMILES string of the molecule is CCOC(=O)N1CCC(C2SCCCS2)c2c(ccc(OC)c2O)C1. The van der Waals surface area contributed by atoms with Crippen LogP contribution in [0.4, 0.5) is 4.79 Å². The van der Waals surface area contributed by atoms with Crippen LogP contribution in [0.5, 0.6) is 11.5 Å². The van der Waals surface area contributed by atoms with Crippen LogP contribution in [-0.2, 0) is 11.3 Å². The first kappa shape index (κ1) is 18.6. The van der Waals surface area contributed by atoms with E-state index in [9.17, 15) is 9.90 Å². The molecule has 1 fully saturated rings. The van der Waals surface area contributed by atoms with E-state index in [1.54, 1.807) is 18.1 Å². The Labute approximate surface area is 157 Å². The molecule has 1 amide bonds. The maximum atomic E-state index is 12.3. The van der Waals surface area contributed by atoms with Gasteiger partial charge in [0, 0.05) is 24.6 Å². The Kier molecular flexibility index (Phi) is 6.28. The maximum absolute atomic E-state index is 12.3. The zero-order valence-electron chi connectivity index (χ0n) is 14.7. The van der Waals surface area contributed by atoms with E-state index in [4.69, 9.17) is 9.47 Å². The Hall–Kier alpha value is -1.21. The van der Waals surface area contributed by atoms with Crippen LogP contribution in [0.2, 0.25) is 0 Å². The van der Waals surface area contributed by atoms with E-state index in [-0.39, 0.29) is 17.8 Å². The van der Waals surface area contributed by atoms with Gasteiger partial charge in [-0.15, -0.1) is 23.5 Å². The van der Waals surface area contributed by atoms with Crippen LogP contribution >= 0.6 is 23.5 Å². The van der Waals surface area contributed by atoms with Crippen molar-refractivity contribution in [2.45, 2.75) is 36.8 Å². The van der Waals surface area contributed by atoms with E-state index < -0.39 is 0 Å². The van der Waals surface area contributed by atoms with E-state index in [0.717, 1.165) is 29.1 Å². The number of hydrogen-bond acceptors (Lipinski definition) is 6. The molecular weight excluding hydrogens is 358 g/mol. The summed E-state index contributed by atoms with van der Waals surface area (Å²) >= 11 is 3.92. The number of carbonyl (C=O) groups excluding carboxylic acids is 1. The Bertz CT molecular complexity index is 619. The van der Waals surface area contributed by atoms with Crippen molar-refractivity contribution in [3.8, 4) is 11.5 Å². The molecule has 2 aliphatic heterocycles. The Morgan fingerprint density at radius 2 is 2.12 bits per heavy atom. The van der Waals surface area contributed by atoms with Crippen molar-refractivity contribution < 1.29 is 19.4 Å². The Morgan fingerprint density at radius 1 is 1.36 bits per heavy atom. The normalized spacial score (nSPS) is 21.4. The largest absolute Gasteiger partial charge is 0.504 e. The third kappa shape index (κ3) is 3.97. The Balaban J connectivity index is 1.97. The number of benzene rings is 1. The predicted molar refractivity (Wildman–Crippen MR) is 103 cm³/mol. The summed E-state index contributed by atoms with van der Waals surface area (Å²) in [6.07, 6.45) is 1.76.